The summed E-state index contributed by atoms with van der Waals surface area (Å²) in [5.41, 5.74) is 2.31. The van der Waals surface area contributed by atoms with Crippen LogP contribution in [0.3, 0.4) is 0 Å². The number of benzene rings is 1. The van der Waals surface area contributed by atoms with Crippen molar-refractivity contribution in [2.75, 3.05) is 7.11 Å². The summed E-state index contributed by atoms with van der Waals surface area (Å²) in [6.07, 6.45) is 6.61. The van der Waals surface area contributed by atoms with Crippen molar-refractivity contribution in [2.24, 2.45) is 0 Å². The van der Waals surface area contributed by atoms with Crippen molar-refractivity contribution in [3.05, 3.63) is 58.3 Å². The zero-order chi connectivity index (χ0) is 16.1. The van der Waals surface area contributed by atoms with Crippen molar-refractivity contribution in [1.29, 1.82) is 0 Å². The molecule has 23 heavy (non-hydrogen) atoms. The van der Waals surface area contributed by atoms with Crippen molar-refractivity contribution >= 4 is 15.9 Å². The summed E-state index contributed by atoms with van der Waals surface area (Å²) in [6, 6.07) is 12.3. The lowest BCUT2D eigenvalue weighted by Crippen LogP contribution is -2.21. The van der Waals surface area contributed by atoms with Gasteiger partial charge in [-0.1, -0.05) is 18.2 Å². The third-order valence-electron chi connectivity index (χ3n) is 4.54. The first kappa shape index (κ1) is 16.5. The molecule has 1 aliphatic rings. The summed E-state index contributed by atoms with van der Waals surface area (Å²) in [4.78, 5) is 4.36. The highest BCUT2D eigenvalue weighted by molar-refractivity contribution is 9.10. The number of nitrogens with zero attached hydrogens (tertiary/aromatic N) is 1. The Hall–Kier alpha value is -1.39. The summed E-state index contributed by atoms with van der Waals surface area (Å²) in [5, 5.41) is 0. The second kappa shape index (κ2) is 7.93. The maximum atomic E-state index is 6.07. The minimum Gasteiger partial charge on any atom is -0.496 e. The van der Waals surface area contributed by atoms with Crippen molar-refractivity contribution < 1.29 is 9.47 Å². The molecule has 4 heteroatoms. The van der Waals surface area contributed by atoms with Crippen LogP contribution < -0.4 is 4.74 Å². The van der Waals surface area contributed by atoms with Crippen LogP contribution >= 0.6 is 15.9 Å². The van der Waals surface area contributed by atoms with E-state index in [1.165, 1.54) is 5.56 Å². The van der Waals surface area contributed by atoms with Crippen LogP contribution in [-0.2, 0) is 11.3 Å². The Balaban J connectivity index is 1.53. The number of methoxy groups -OCH3 is 1. The van der Waals surface area contributed by atoms with Gasteiger partial charge in [-0.2, -0.15) is 0 Å². The molecule has 1 aromatic carbocycles. The molecule has 1 saturated carbocycles. The van der Waals surface area contributed by atoms with Crippen LogP contribution in [-0.4, -0.2) is 18.2 Å². The summed E-state index contributed by atoms with van der Waals surface area (Å²) in [7, 11) is 1.75. The number of pyridine rings is 1. The first-order valence-electron chi connectivity index (χ1n) is 8.12. The van der Waals surface area contributed by atoms with Crippen molar-refractivity contribution in [1.82, 2.24) is 4.98 Å². The first-order chi connectivity index (χ1) is 11.3. The smallest absolute Gasteiger partial charge is 0.122 e. The summed E-state index contributed by atoms with van der Waals surface area (Å²) >= 11 is 3.52. The molecule has 0 amide bonds. The van der Waals surface area contributed by atoms with Gasteiger partial charge in [0.2, 0.25) is 0 Å². The predicted molar refractivity (Wildman–Crippen MR) is 94.7 cm³/mol. The van der Waals surface area contributed by atoms with E-state index in [-0.39, 0.29) is 0 Å². The molecular weight excluding hydrogens is 354 g/mol. The number of ether oxygens (including phenoxy) is 2. The van der Waals surface area contributed by atoms with E-state index in [0.717, 1.165) is 41.6 Å². The Morgan fingerprint density at radius 3 is 2.61 bits per heavy atom. The van der Waals surface area contributed by atoms with Gasteiger partial charge < -0.3 is 9.47 Å². The Bertz CT molecular complexity index is 639. The van der Waals surface area contributed by atoms with Crippen LogP contribution in [0.15, 0.2) is 47.1 Å². The van der Waals surface area contributed by atoms with Crippen molar-refractivity contribution in [3.63, 3.8) is 0 Å². The van der Waals surface area contributed by atoms with E-state index in [1.54, 1.807) is 7.11 Å². The van der Waals surface area contributed by atoms with Gasteiger partial charge in [-0.3, -0.25) is 4.98 Å². The Labute approximate surface area is 146 Å². The van der Waals surface area contributed by atoms with Crippen LogP contribution in [0.2, 0.25) is 0 Å². The number of hydrogen-bond acceptors (Lipinski definition) is 3. The topological polar surface area (TPSA) is 31.4 Å². The quantitative estimate of drug-likeness (QED) is 0.728. The lowest BCUT2D eigenvalue weighted by molar-refractivity contribution is 0.0114. The third-order valence-corrected chi connectivity index (χ3v) is 5.27. The van der Waals surface area contributed by atoms with Gasteiger partial charge in [-0.25, -0.2) is 0 Å². The van der Waals surface area contributed by atoms with E-state index >= 15 is 0 Å². The van der Waals surface area contributed by atoms with E-state index in [2.05, 4.69) is 39.1 Å². The molecule has 0 N–H and O–H groups in total. The standard InChI is InChI=1S/C19H22BrNO2/c1-22-19-7-3-2-5-16(19)14-8-10-15(11-9-14)23-13-18-17(20)6-4-12-21-18/h2-7,12,14-15H,8-11,13H2,1H3/t14-,15+. The van der Waals surface area contributed by atoms with Gasteiger partial charge in [0, 0.05) is 10.7 Å². The minimum atomic E-state index is 0.329. The second-order valence-electron chi connectivity index (χ2n) is 5.96. The highest BCUT2D eigenvalue weighted by Gasteiger charge is 2.24. The van der Waals surface area contributed by atoms with Crippen LogP contribution in [0.1, 0.15) is 42.9 Å². The molecule has 0 radical (unpaired) electrons. The van der Waals surface area contributed by atoms with Crippen LogP contribution in [0.5, 0.6) is 5.75 Å². The molecule has 0 atom stereocenters. The Morgan fingerprint density at radius 2 is 1.87 bits per heavy atom. The highest BCUT2D eigenvalue weighted by Crippen LogP contribution is 2.38. The number of rotatable bonds is 5. The average molecular weight is 376 g/mol. The molecule has 0 aliphatic heterocycles. The van der Waals surface area contributed by atoms with E-state index in [9.17, 15) is 0 Å². The SMILES string of the molecule is COc1ccccc1[C@H]1CC[C@@H](OCc2ncccc2Br)CC1. The van der Waals surface area contributed by atoms with Gasteiger partial charge in [0.25, 0.3) is 0 Å². The molecule has 0 unspecified atom stereocenters. The molecule has 0 spiro atoms. The fourth-order valence-electron chi connectivity index (χ4n) is 3.27. The predicted octanol–water partition coefficient (Wildman–Crippen LogP) is 5.10. The molecule has 122 valence electrons. The van der Waals surface area contributed by atoms with Gasteiger partial charge in [0.15, 0.2) is 0 Å². The highest BCUT2D eigenvalue weighted by atomic mass is 79.9. The molecular formula is C19H22BrNO2. The molecule has 1 aliphatic carbocycles. The van der Waals surface area contributed by atoms with E-state index in [1.807, 2.05) is 24.4 Å². The van der Waals surface area contributed by atoms with Gasteiger partial charge in [0.1, 0.15) is 5.75 Å². The van der Waals surface area contributed by atoms with Gasteiger partial charge in [-0.05, 0) is 71.3 Å². The third kappa shape index (κ3) is 4.12. The molecule has 3 nitrogen and oxygen atoms in total. The minimum absolute atomic E-state index is 0.329. The van der Waals surface area contributed by atoms with Gasteiger partial charge in [-0.15, -0.1) is 0 Å². The van der Waals surface area contributed by atoms with E-state index in [4.69, 9.17) is 9.47 Å². The fraction of sp³-hybridized carbons (Fsp3) is 0.421. The largest absolute Gasteiger partial charge is 0.496 e. The monoisotopic (exact) mass is 375 g/mol. The number of hydrogen-bond donors (Lipinski definition) is 0. The van der Waals surface area contributed by atoms with Crippen molar-refractivity contribution in [2.45, 2.75) is 44.3 Å². The van der Waals surface area contributed by atoms with E-state index in [0.29, 0.717) is 18.6 Å². The average Bonchev–Trinajstić information content (AvgIpc) is 2.61. The van der Waals surface area contributed by atoms with Crippen LogP contribution in [0, 0.1) is 0 Å². The zero-order valence-electron chi connectivity index (χ0n) is 13.4. The second-order valence-corrected chi connectivity index (χ2v) is 6.81. The molecule has 2 aromatic rings. The molecule has 1 fully saturated rings. The van der Waals surface area contributed by atoms with E-state index < -0.39 is 0 Å². The molecule has 3 rings (SSSR count). The zero-order valence-corrected chi connectivity index (χ0v) is 15.0. The van der Waals surface area contributed by atoms with Gasteiger partial charge in [0.05, 0.1) is 25.5 Å². The Kier molecular flexibility index (Phi) is 5.68. The molecule has 1 heterocycles. The number of para-hydroxylation sites is 1. The fourth-order valence-corrected chi connectivity index (χ4v) is 3.64. The summed E-state index contributed by atoms with van der Waals surface area (Å²) in [5.74, 6) is 1.59. The summed E-state index contributed by atoms with van der Waals surface area (Å²) in [6.45, 7) is 0.575. The van der Waals surface area contributed by atoms with Crippen LogP contribution in [0.4, 0.5) is 0 Å². The molecule has 1 aromatic heterocycles. The lowest BCUT2D eigenvalue weighted by Gasteiger charge is -2.29. The first-order valence-corrected chi connectivity index (χ1v) is 8.91. The van der Waals surface area contributed by atoms with Crippen LogP contribution in [0.25, 0.3) is 0 Å². The summed E-state index contributed by atoms with van der Waals surface area (Å²) < 4.78 is 12.6. The lowest BCUT2D eigenvalue weighted by atomic mass is 9.82. The number of aromatic nitrogens is 1. The van der Waals surface area contributed by atoms with Gasteiger partial charge >= 0.3 is 0 Å². The maximum Gasteiger partial charge on any atom is 0.122 e. The Morgan fingerprint density at radius 1 is 1.09 bits per heavy atom. The normalized spacial score (nSPS) is 21.1. The maximum absolute atomic E-state index is 6.07. The van der Waals surface area contributed by atoms with Crippen molar-refractivity contribution in [3.8, 4) is 5.75 Å². The molecule has 0 saturated heterocycles. The molecule has 0 bridgehead atoms. The number of halogens is 1.